The molecule has 1 rings (SSSR count). The summed E-state index contributed by atoms with van der Waals surface area (Å²) in [5.41, 5.74) is 3.88. The summed E-state index contributed by atoms with van der Waals surface area (Å²) in [7, 11) is 0. The number of hydrogen-bond acceptors (Lipinski definition) is 1. The van der Waals surface area contributed by atoms with Crippen molar-refractivity contribution in [2.75, 3.05) is 0 Å². The standard InChI is InChI=1S/C10H17F4N/c1-9(15,8(11)12)6-7-2-4-10(13,14)5-3-7/h7-8H,2-6,15H2,1H3. The molecule has 0 aromatic heterocycles. The van der Waals surface area contributed by atoms with Crippen LogP contribution in [0, 0.1) is 5.92 Å². The average Bonchev–Trinajstić information content (AvgIpc) is 2.08. The van der Waals surface area contributed by atoms with Gasteiger partial charge in [-0.25, -0.2) is 17.6 Å². The Balaban J connectivity index is 2.42. The van der Waals surface area contributed by atoms with Crippen LogP contribution < -0.4 is 5.73 Å². The first kappa shape index (κ1) is 12.7. The van der Waals surface area contributed by atoms with E-state index in [2.05, 4.69) is 0 Å². The van der Waals surface area contributed by atoms with Crippen molar-refractivity contribution < 1.29 is 17.6 Å². The van der Waals surface area contributed by atoms with Crippen LogP contribution in [0.2, 0.25) is 0 Å². The molecule has 0 spiro atoms. The molecule has 1 unspecified atom stereocenters. The molecule has 1 fully saturated rings. The Morgan fingerprint density at radius 3 is 2.20 bits per heavy atom. The Morgan fingerprint density at radius 1 is 1.33 bits per heavy atom. The molecule has 1 aliphatic rings. The van der Waals surface area contributed by atoms with Crippen LogP contribution in [0.5, 0.6) is 0 Å². The van der Waals surface area contributed by atoms with Crippen LogP contribution in [0.1, 0.15) is 39.0 Å². The van der Waals surface area contributed by atoms with Gasteiger partial charge in [0.1, 0.15) is 0 Å². The first-order chi connectivity index (χ1) is 6.73. The molecule has 1 aliphatic carbocycles. The van der Waals surface area contributed by atoms with Crippen molar-refractivity contribution in [1.82, 2.24) is 0 Å². The lowest BCUT2D eigenvalue weighted by molar-refractivity contribution is -0.0524. The summed E-state index contributed by atoms with van der Waals surface area (Å²) >= 11 is 0. The second kappa shape index (κ2) is 4.28. The van der Waals surface area contributed by atoms with Crippen molar-refractivity contribution in [1.29, 1.82) is 0 Å². The predicted octanol–water partition coefficient (Wildman–Crippen LogP) is 3.18. The Morgan fingerprint density at radius 2 is 1.80 bits per heavy atom. The molecule has 0 saturated heterocycles. The maximum Gasteiger partial charge on any atom is 0.256 e. The van der Waals surface area contributed by atoms with Crippen LogP contribution in [0.4, 0.5) is 17.6 Å². The topological polar surface area (TPSA) is 26.0 Å². The molecule has 0 heterocycles. The highest BCUT2D eigenvalue weighted by molar-refractivity contribution is 4.87. The van der Waals surface area contributed by atoms with Gasteiger partial charge < -0.3 is 5.73 Å². The molecule has 0 aromatic carbocycles. The zero-order valence-corrected chi connectivity index (χ0v) is 8.78. The van der Waals surface area contributed by atoms with E-state index in [0.29, 0.717) is 12.8 Å². The number of halogens is 4. The van der Waals surface area contributed by atoms with Crippen molar-refractivity contribution in [2.45, 2.75) is 56.9 Å². The van der Waals surface area contributed by atoms with Crippen molar-refractivity contribution in [3.63, 3.8) is 0 Å². The lowest BCUT2D eigenvalue weighted by Crippen LogP contribution is -2.46. The Hall–Kier alpha value is -0.320. The summed E-state index contributed by atoms with van der Waals surface area (Å²) in [5, 5.41) is 0. The van der Waals surface area contributed by atoms with Crippen molar-refractivity contribution in [3.8, 4) is 0 Å². The third-order valence-electron chi connectivity index (χ3n) is 3.06. The van der Waals surface area contributed by atoms with Crippen LogP contribution in [-0.4, -0.2) is 17.9 Å². The van der Waals surface area contributed by atoms with E-state index in [9.17, 15) is 17.6 Å². The van der Waals surface area contributed by atoms with E-state index in [1.807, 2.05) is 0 Å². The largest absolute Gasteiger partial charge is 0.321 e. The van der Waals surface area contributed by atoms with E-state index in [1.54, 1.807) is 0 Å². The average molecular weight is 227 g/mol. The van der Waals surface area contributed by atoms with Gasteiger partial charge in [-0.2, -0.15) is 0 Å². The Kier molecular flexibility index (Phi) is 3.63. The molecular formula is C10H17F4N. The molecular weight excluding hydrogens is 210 g/mol. The van der Waals surface area contributed by atoms with Crippen LogP contribution in [0.15, 0.2) is 0 Å². The second-order valence-electron chi connectivity index (χ2n) is 4.81. The molecule has 0 aliphatic heterocycles. The summed E-state index contributed by atoms with van der Waals surface area (Å²) in [6.45, 7) is 1.28. The molecule has 5 heteroatoms. The van der Waals surface area contributed by atoms with Crippen LogP contribution in [-0.2, 0) is 0 Å². The van der Waals surface area contributed by atoms with Gasteiger partial charge in [0.05, 0.1) is 5.54 Å². The predicted molar refractivity (Wildman–Crippen MR) is 50.1 cm³/mol. The minimum absolute atomic E-state index is 0.0892. The molecule has 2 N–H and O–H groups in total. The maximum atomic E-state index is 12.8. The zero-order chi connectivity index (χ0) is 11.7. The third kappa shape index (κ3) is 3.63. The highest BCUT2D eigenvalue weighted by Crippen LogP contribution is 2.39. The zero-order valence-electron chi connectivity index (χ0n) is 8.78. The van der Waals surface area contributed by atoms with Crippen LogP contribution in [0.25, 0.3) is 0 Å². The monoisotopic (exact) mass is 227 g/mol. The van der Waals surface area contributed by atoms with Crippen molar-refractivity contribution >= 4 is 0 Å². The van der Waals surface area contributed by atoms with E-state index in [0.717, 1.165) is 0 Å². The summed E-state index contributed by atoms with van der Waals surface area (Å²) < 4.78 is 50.5. The fourth-order valence-corrected chi connectivity index (χ4v) is 2.02. The molecule has 1 saturated carbocycles. The fraction of sp³-hybridized carbons (Fsp3) is 1.00. The number of alkyl halides is 4. The molecule has 1 atom stereocenters. The van der Waals surface area contributed by atoms with Gasteiger partial charge in [0.15, 0.2) is 0 Å². The molecule has 90 valence electrons. The molecule has 1 nitrogen and oxygen atoms in total. The molecule has 15 heavy (non-hydrogen) atoms. The molecule has 0 amide bonds. The van der Waals surface area contributed by atoms with Gasteiger partial charge >= 0.3 is 0 Å². The highest BCUT2D eigenvalue weighted by Gasteiger charge is 2.39. The summed E-state index contributed by atoms with van der Waals surface area (Å²) in [4.78, 5) is 0. The SMILES string of the molecule is CC(N)(CC1CCC(F)(F)CC1)C(F)F. The Labute approximate surface area is 87.0 Å². The quantitative estimate of drug-likeness (QED) is 0.736. The first-order valence-electron chi connectivity index (χ1n) is 5.18. The van der Waals surface area contributed by atoms with Gasteiger partial charge in [0.25, 0.3) is 6.43 Å². The van der Waals surface area contributed by atoms with Crippen LogP contribution >= 0.6 is 0 Å². The summed E-state index contributed by atoms with van der Waals surface area (Å²) in [6.07, 6.45) is -2.27. The van der Waals surface area contributed by atoms with Crippen molar-refractivity contribution in [3.05, 3.63) is 0 Å². The van der Waals surface area contributed by atoms with E-state index >= 15 is 0 Å². The number of hydrogen-bond donors (Lipinski definition) is 1. The normalized spacial score (nSPS) is 26.6. The lowest BCUT2D eigenvalue weighted by atomic mass is 9.79. The number of nitrogens with two attached hydrogens (primary N) is 1. The molecule has 0 aromatic rings. The van der Waals surface area contributed by atoms with Gasteiger partial charge in [0, 0.05) is 12.8 Å². The lowest BCUT2D eigenvalue weighted by Gasteiger charge is -2.33. The number of rotatable bonds is 3. The maximum absolute atomic E-state index is 12.8. The minimum atomic E-state index is -2.60. The molecule has 0 radical (unpaired) electrons. The van der Waals surface area contributed by atoms with E-state index in [4.69, 9.17) is 5.73 Å². The molecule has 0 bridgehead atoms. The van der Waals surface area contributed by atoms with E-state index in [1.165, 1.54) is 6.92 Å². The van der Waals surface area contributed by atoms with Gasteiger partial charge in [-0.15, -0.1) is 0 Å². The van der Waals surface area contributed by atoms with Crippen molar-refractivity contribution in [2.24, 2.45) is 11.7 Å². The van der Waals surface area contributed by atoms with Crippen LogP contribution in [0.3, 0.4) is 0 Å². The van der Waals surface area contributed by atoms with E-state index in [-0.39, 0.29) is 25.2 Å². The second-order valence-corrected chi connectivity index (χ2v) is 4.81. The summed E-state index contributed by atoms with van der Waals surface area (Å²) in [6, 6.07) is 0. The smallest absolute Gasteiger partial charge is 0.256 e. The van der Waals surface area contributed by atoms with Gasteiger partial charge in [0.2, 0.25) is 5.92 Å². The van der Waals surface area contributed by atoms with Gasteiger partial charge in [-0.3, -0.25) is 0 Å². The van der Waals surface area contributed by atoms with E-state index < -0.39 is 17.9 Å². The summed E-state index contributed by atoms with van der Waals surface area (Å²) in [5.74, 6) is -2.69. The highest BCUT2D eigenvalue weighted by atomic mass is 19.3. The Bertz CT molecular complexity index is 205. The third-order valence-corrected chi connectivity index (χ3v) is 3.06. The minimum Gasteiger partial charge on any atom is -0.321 e. The first-order valence-corrected chi connectivity index (χ1v) is 5.18. The fourth-order valence-electron chi connectivity index (χ4n) is 2.02. The van der Waals surface area contributed by atoms with Gasteiger partial charge in [-0.05, 0) is 32.1 Å². The van der Waals surface area contributed by atoms with Gasteiger partial charge in [-0.1, -0.05) is 0 Å².